The van der Waals surface area contributed by atoms with Crippen molar-refractivity contribution >= 4 is 21.4 Å². The molecule has 0 unspecified atom stereocenters. The van der Waals surface area contributed by atoms with E-state index in [-0.39, 0.29) is 5.41 Å². The Labute approximate surface area is 94.9 Å². The maximum absolute atomic E-state index is 5.67. The zero-order valence-corrected chi connectivity index (χ0v) is 10.1. The maximum atomic E-state index is 5.67. The second-order valence-electron chi connectivity index (χ2n) is 4.57. The van der Waals surface area contributed by atoms with E-state index in [1.54, 1.807) is 0 Å². The van der Waals surface area contributed by atoms with Crippen LogP contribution in [-0.4, -0.2) is 6.54 Å². The third kappa shape index (κ3) is 1.92. The van der Waals surface area contributed by atoms with Gasteiger partial charge < -0.3 is 5.73 Å². The fourth-order valence-corrected chi connectivity index (χ4v) is 3.15. The molecule has 0 spiro atoms. The normalized spacial score (nSPS) is 12.2. The summed E-state index contributed by atoms with van der Waals surface area (Å²) in [5.41, 5.74) is 7.30. The molecule has 0 atom stereocenters. The quantitative estimate of drug-likeness (QED) is 0.839. The third-order valence-corrected chi connectivity index (χ3v) is 3.94. The van der Waals surface area contributed by atoms with E-state index in [1.807, 2.05) is 11.3 Å². The van der Waals surface area contributed by atoms with Crippen molar-refractivity contribution in [3.05, 3.63) is 35.2 Å². The molecule has 1 nitrogen and oxygen atoms in total. The molecule has 15 heavy (non-hydrogen) atoms. The average Bonchev–Trinajstić information content (AvgIpc) is 2.61. The Balaban J connectivity index is 2.52. The molecule has 0 radical (unpaired) electrons. The number of benzene rings is 1. The smallest absolute Gasteiger partial charge is 0.0345 e. The minimum absolute atomic E-state index is 0.189. The summed E-state index contributed by atoms with van der Waals surface area (Å²) in [4.78, 5) is 0. The Morgan fingerprint density at radius 1 is 1.27 bits per heavy atom. The van der Waals surface area contributed by atoms with Gasteiger partial charge >= 0.3 is 0 Å². The van der Waals surface area contributed by atoms with Gasteiger partial charge in [0.05, 0.1) is 0 Å². The standard InChI is InChI=1S/C13H17NS/c1-13(2,7-8-14)11-9-15-12-6-4-3-5-10(11)12/h3-6,9H,7-8,14H2,1-2H3. The molecule has 0 aliphatic heterocycles. The first-order valence-electron chi connectivity index (χ1n) is 5.32. The number of fused-ring (bicyclic) bond motifs is 1. The van der Waals surface area contributed by atoms with E-state index in [0.29, 0.717) is 0 Å². The molecule has 2 rings (SSSR count). The number of nitrogens with two attached hydrogens (primary N) is 1. The Morgan fingerprint density at radius 3 is 2.73 bits per heavy atom. The predicted octanol–water partition coefficient (Wildman–Crippen LogP) is 3.53. The number of hydrogen-bond acceptors (Lipinski definition) is 2. The van der Waals surface area contributed by atoms with Crippen molar-refractivity contribution in [2.45, 2.75) is 25.7 Å². The van der Waals surface area contributed by atoms with E-state index in [9.17, 15) is 0 Å². The van der Waals surface area contributed by atoms with Gasteiger partial charge in [0.1, 0.15) is 0 Å². The van der Waals surface area contributed by atoms with Crippen LogP contribution < -0.4 is 5.73 Å². The molecule has 2 aromatic rings. The van der Waals surface area contributed by atoms with Gasteiger partial charge in [-0.3, -0.25) is 0 Å². The Bertz CT molecular complexity index is 456. The van der Waals surface area contributed by atoms with Gasteiger partial charge in [-0.05, 0) is 40.8 Å². The van der Waals surface area contributed by atoms with Crippen LogP contribution in [0.5, 0.6) is 0 Å². The van der Waals surface area contributed by atoms with Crippen molar-refractivity contribution < 1.29 is 0 Å². The maximum Gasteiger partial charge on any atom is 0.0345 e. The topological polar surface area (TPSA) is 26.0 Å². The van der Waals surface area contributed by atoms with E-state index in [0.717, 1.165) is 13.0 Å². The molecule has 1 aromatic carbocycles. The summed E-state index contributed by atoms with van der Waals surface area (Å²) in [6, 6.07) is 8.59. The van der Waals surface area contributed by atoms with Gasteiger partial charge in [0.15, 0.2) is 0 Å². The molecule has 0 fully saturated rings. The zero-order chi connectivity index (χ0) is 10.9. The SMILES string of the molecule is CC(C)(CCN)c1csc2ccccc12. The summed E-state index contributed by atoms with van der Waals surface area (Å²) in [7, 11) is 0. The molecule has 1 aromatic heterocycles. The van der Waals surface area contributed by atoms with Gasteiger partial charge in [0.2, 0.25) is 0 Å². The van der Waals surface area contributed by atoms with Crippen LogP contribution in [0.4, 0.5) is 0 Å². The van der Waals surface area contributed by atoms with Crippen LogP contribution in [0.3, 0.4) is 0 Å². The highest BCUT2D eigenvalue weighted by Gasteiger charge is 2.22. The van der Waals surface area contributed by atoms with Crippen molar-refractivity contribution in [1.82, 2.24) is 0 Å². The van der Waals surface area contributed by atoms with Crippen LogP contribution in [0.25, 0.3) is 10.1 Å². The average molecular weight is 219 g/mol. The lowest BCUT2D eigenvalue weighted by molar-refractivity contribution is 0.493. The van der Waals surface area contributed by atoms with Crippen molar-refractivity contribution in [2.24, 2.45) is 5.73 Å². The van der Waals surface area contributed by atoms with Crippen LogP contribution in [0, 0.1) is 0 Å². The first-order valence-corrected chi connectivity index (χ1v) is 6.20. The van der Waals surface area contributed by atoms with E-state index in [1.165, 1.54) is 15.6 Å². The second-order valence-corrected chi connectivity index (χ2v) is 5.48. The summed E-state index contributed by atoms with van der Waals surface area (Å²) < 4.78 is 1.37. The summed E-state index contributed by atoms with van der Waals surface area (Å²) in [6.07, 6.45) is 1.04. The van der Waals surface area contributed by atoms with Crippen LogP contribution >= 0.6 is 11.3 Å². The fourth-order valence-electron chi connectivity index (χ4n) is 2.00. The molecule has 0 bridgehead atoms. The van der Waals surface area contributed by atoms with E-state index < -0.39 is 0 Å². The summed E-state index contributed by atoms with van der Waals surface area (Å²) >= 11 is 1.83. The molecular formula is C13H17NS. The third-order valence-electron chi connectivity index (χ3n) is 2.98. The van der Waals surface area contributed by atoms with Crippen molar-refractivity contribution in [3.63, 3.8) is 0 Å². The molecule has 1 heterocycles. The zero-order valence-electron chi connectivity index (χ0n) is 9.29. The number of rotatable bonds is 3. The molecule has 0 aliphatic rings. The highest BCUT2D eigenvalue weighted by Crippen LogP contribution is 2.36. The number of thiophene rings is 1. The van der Waals surface area contributed by atoms with Gasteiger partial charge in [-0.25, -0.2) is 0 Å². The van der Waals surface area contributed by atoms with Crippen LogP contribution in [0.2, 0.25) is 0 Å². The molecule has 2 heteroatoms. The highest BCUT2D eigenvalue weighted by molar-refractivity contribution is 7.17. The molecule has 0 amide bonds. The van der Waals surface area contributed by atoms with Gasteiger partial charge in [-0.1, -0.05) is 32.0 Å². The largest absolute Gasteiger partial charge is 0.330 e. The predicted molar refractivity (Wildman–Crippen MR) is 68.5 cm³/mol. The van der Waals surface area contributed by atoms with E-state index >= 15 is 0 Å². The molecular weight excluding hydrogens is 202 g/mol. The molecule has 0 aliphatic carbocycles. The van der Waals surface area contributed by atoms with E-state index in [4.69, 9.17) is 5.73 Å². The summed E-state index contributed by atoms with van der Waals surface area (Å²) in [5.74, 6) is 0. The van der Waals surface area contributed by atoms with Gasteiger partial charge in [-0.15, -0.1) is 11.3 Å². The lowest BCUT2D eigenvalue weighted by atomic mass is 9.81. The van der Waals surface area contributed by atoms with Crippen LogP contribution in [-0.2, 0) is 5.41 Å². The first-order chi connectivity index (χ1) is 7.15. The van der Waals surface area contributed by atoms with Gasteiger partial charge in [-0.2, -0.15) is 0 Å². The molecule has 80 valence electrons. The minimum Gasteiger partial charge on any atom is -0.330 e. The molecule has 0 saturated carbocycles. The van der Waals surface area contributed by atoms with E-state index in [2.05, 4.69) is 43.5 Å². The highest BCUT2D eigenvalue weighted by atomic mass is 32.1. The lowest BCUT2D eigenvalue weighted by Crippen LogP contribution is -2.21. The fraction of sp³-hybridized carbons (Fsp3) is 0.385. The molecule has 0 saturated heterocycles. The number of hydrogen-bond donors (Lipinski definition) is 1. The lowest BCUT2D eigenvalue weighted by Gasteiger charge is -2.23. The van der Waals surface area contributed by atoms with Gasteiger partial charge in [0.25, 0.3) is 0 Å². The van der Waals surface area contributed by atoms with Crippen LogP contribution in [0.15, 0.2) is 29.6 Å². The monoisotopic (exact) mass is 219 g/mol. The first kappa shape index (κ1) is 10.7. The summed E-state index contributed by atoms with van der Waals surface area (Å²) in [5, 5.41) is 3.67. The molecule has 2 N–H and O–H groups in total. The Hall–Kier alpha value is -0.860. The Morgan fingerprint density at radius 2 is 2.00 bits per heavy atom. The van der Waals surface area contributed by atoms with Crippen molar-refractivity contribution in [1.29, 1.82) is 0 Å². The second kappa shape index (κ2) is 3.95. The Kier molecular flexibility index (Phi) is 2.81. The van der Waals surface area contributed by atoms with Crippen molar-refractivity contribution in [2.75, 3.05) is 6.54 Å². The minimum atomic E-state index is 0.189. The van der Waals surface area contributed by atoms with Crippen LogP contribution in [0.1, 0.15) is 25.8 Å². The van der Waals surface area contributed by atoms with Gasteiger partial charge in [0, 0.05) is 4.70 Å². The van der Waals surface area contributed by atoms with Crippen molar-refractivity contribution in [3.8, 4) is 0 Å². The summed E-state index contributed by atoms with van der Waals surface area (Å²) in [6.45, 7) is 5.29.